The SMILES string of the molecule is CO/N=C1C=C/C(=N\OC)C\1. The fraction of sp³-hybridized carbons (Fsp3) is 0.429. The highest BCUT2D eigenvalue weighted by atomic mass is 16.6. The van der Waals surface area contributed by atoms with E-state index in [1.807, 2.05) is 12.2 Å². The molecule has 0 unspecified atom stereocenters. The van der Waals surface area contributed by atoms with Crippen molar-refractivity contribution in [3.05, 3.63) is 12.2 Å². The van der Waals surface area contributed by atoms with Gasteiger partial charge in [-0.3, -0.25) is 0 Å². The molecule has 0 heterocycles. The van der Waals surface area contributed by atoms with Gasteiger partial charge in [-0.25, -0.2) is 0 Å². The van der Waals surface area contributed by atoms with E-state index in [9.17, 15) is 0 Å². The van der Waals surface area contributed by atoms with Crippen LogP contribution in [0, 0.1) is 0 Å². The van der Waals surface area contributed by atoms with Crippen molar-refractivity contribution in [1.82, 2.24) is 0 Å². The lowest BCUT2D eigenvalue weighted by molar-refractivity contribution is 0.211. The molecule has 0 aromatic rings. The van der Waals surface area contributed by atoms with Crippen LogP contribution in [0.3, 0.4) is 0 Å². The maximum Gasteiger partial charge on any atom is 0.106 e. The first kappa shape index (κ1) is 7.78. The first-order valence-corrected chi connectivity index (χ1v) is 3.25. The minimum atomic E-state index is 0.682. The van der Waals surface area contributed by atoms with Gasteiger partial charge >= 0.3 is 0 Å². The van der Waals surface area contributed by atoms with Gasteiger partial charge in [-0.05, 0) is 12.2 Å². The molecule has 0 amide bonds. The van der Waals surface area contributed by atoms with Crippen LogP contribution < -0.4 is 0 Å². The fourth-order valence-electron chi connectivity index (χ4n) is 0.856. The molecule has 0 N–H and O–H groups in total. The summed E-state index contributed by atoms with van der Waals surface area (Å²) >= 11 is 0. The third-order valence-corrected chi connectivity index (χ3v) is 1.25. The molecule has 0 bridgehead atoms. The van der Waals surface area contributed by atoms with Gasteiger partial charge < -0.3 is 9.68 Å². The highest BCUT2D eigenvalue weighted by Crippen LogP contribution is 2.04. The molecule has 4 nitrogen and oxygen atoms in total. The molecule has 0 aliphatic heterocycles. The van der Waals surface area contributed by atoms with Crippen molar-refractivity contribution in [3.63, 3.8) is 0 Å². The Hall–Kier alpha value is -1.32. The van der Waals surface area contributed by atoms with Gasteiger partial charge in [-0.2, -0.15) is 0 Å². The van der Waals surface area contributed by atoms with E-state index in [2.05, 4.69) is 20.0 Å². The molecule has 0 saturated heterocycles. The molecule has 0 atom stereocenters. The van der Waals surface area contributed by atoms with Crippen LogP contribution in [0.1, 0.15) is 6.42 Å². The molecular weight excluding hydrogens is 144 g/mol. The van der Waals surface area contributed by atoms with Crippen LogP contribution in [0.2, 0.25) is 0 Å². The van der Waals surface area contributed by atoms with Gasteiger partial charge in [-0.15, -0.1) is 0 Å². The van der Waals surface area contributed by atoms with Crippen molar-refractivity contribution < 1.29 is 9.68 Å². The first-order chi connectivity index (χ1) is 5.36. The van der Waals surface area contributed by atoms with Crippen LogP contribution in [0.4, 0.5) is 0 Å². The topological polar surface area (TPSA) is 43.2 Å². The second-order valence-electron chi connectivity index (χ2n) is 2.04. The molecule has 0 aromatic heterocycles. The second kappa shape index (κ2) is 3.75. The maximum absolute atomic E-state index is 4.59. The Bertz CT molecular complexity index is 196. The first-order valence-electron chi connectivity index (χ1n) is 3.25. The largest absolute Gasteiger partial charge is 0.399 e. The third kappa shape index (κ3) is 2.07. The normalized spacial score (nSPS) is 23.1. The molecule has 1 rings (SSSR count). The summed E-state index contributed by atoms with van der Waals surface area (Å²) < 4.78 is 0. The summed E-state index contributed by atoms with van der Waals surface area (Å²) in [6.45, 7) is 0. The lowest BCUT2D eigenvalue weighted by Crippen LogP contribution is -1.95. The zero-order valence-electron chi connectivity index (χ0n) is 6.57. The molecule has 0 spiro atoms. The van der Waals surface area contributed by atoms with E-state index in [0.717, 1.165) is 11.4 Å². The Morgan fingerprint density at radius 2 is 1.55 bits per heavy atom. The number of rotatable bonds is 2. The third-order valence-electron chi connectivity index (χ3n) is 1.25. The van der Waals surface area contributed by atoms with Crippen LogP contribution >= 0.6 is 0 Å². The van der Waals surface area contributed by atoms with E-state index in [-0.39, 0.29) is 0 Å². The molecule has 1 aliphatic rings. The predicted molar refractivity (Wildman–Crippen MR) is 42.6 cm³/mol. The summed E-state index contributed by atoms with van der Waals surface area (Å²) in [4.78, 5) is 9.19. The lowest BCUT2D eigenvalue weighted by atomic mass is 10.3. The Kier molecular flexibility index (Phi) is 2.66. The van der Waals surface area contributed by atoms with Crippen molar-refractivity contribution in [2.24, 2.45) is 10.3 Å². The quantitative estimate of drug-likeness (QED) is 0.556. The second-order valence-corrected chi connectivity index (χ2v) is 2.04. The van der Waals surface area contributed by atoms with E-state index in [4.69, 9.17) is 0 Å². The molecule has 11 heavy (non-hydrogen) atoms. The summed E-state index contributed by atoms with van der Waals surface area (Å²) in [5.74, 6) is 0. The standard InChI is InChI=1S/C7H10N2O2/c1-10-8-6-3-4-7(5-6)9-11-2/h3-4H,5H2,1-2H3/b8-6+,9-7+. The molecule has 0 radical (unpaired) electrons. The monoisotopic (exact) mass is 154 g/mol. The smallest absolute Gasteiger partial charge is 0.106 e. The highest BCUT2D eigenvalue weighted by Gasteiger charge is 2.08. The van der Waals surface area contributed by atoms with Crippen LogP contribution in [-0.4, -0.2) is 25.6 Å². The Morgan fingerprint density at radius 1 is 1.09 bits per heavy atom. The van der Waals surface area contributed by atoms with Crippen molar-refractivity contribution >= 4 is 11.4 Å². The van der Waals surface area contributed by atoms with Crippen LogP contribution in [0.15, 0.2) is 22.5 Å². The number of allylic oxidation sites excluding steroid dienone is 2. The highest BCUT2D eigenvalue weighted by molar-refractivity contribution is 6.20. The van der Waals surface area contributed by atoms with Gasteiger partial charge in [0.2, 0.25) is 0 Å². The summed E-state index contributed by atoms with van der Waals surface area (Å²) in [7, 11) is 3.04. The van der Waals surface area contributed by atoms with Gasteiger partial charge in [0, 0.05) is 6.42 Å². The average molecular weight is 154 g/mol. The zero-order chi connectivity index (χ0) is 8.10. The van der Waals surface area contributed by atoms with Crippen LogP contribution in [0.5, 0.6) is 0 Å². The van der Waals surface area contributed by atoms with Gasteiger partial charge in [0.15, 0.2) is 0 Å². The van der Waals surface area contributed by atoms with Crippen LogP contribution in [-0.2, 0) is 9.68 Å². The fourth-order valence-corrected chi connectivity index (χ4v) is 0.856. The molecule has 60 valence electrons. The van der Waals surface area contributed by atoms with Gasteiger partial charge in [-0.1, -0.05) is 10.3 Å². The number of nitrogens with zero attached hydrogens (tertiary/aromatic N) is 2. The predicted octanol–water partition coefficient (Wildman–Crippen LogP) is 0.951. The molecule has 0 aromatic carbocycles. The van der Waals surface area contributed by atoms with E-state index in [1.54, 1.807) is 0 Å². The lowest BCUT2D eigenvalue weighted by Gasteiger charge is -1.91. The summed E-state index contributed by atoms with van der Waals surface area (Å²) in [5.41, 5.74) is 1.73. The van der Waals surface area contributed by atoms with Crippen molar-refractivity contribution in [2.75, 3.05) is 14.2 Å². The van der Waals surface area contributed by atoms with Gasteiger partial charge in [0.25, 0.3) is 0 Å². The minimum absolute atomic E-state index is 0.682. The summed E-state index contributed by atoms with van der Waals surface area (Å²) in [6, 6.07) is 0. The van der Waals surface area contributed by atoms with Crippen LogP contribution in [0.25, 0.3) is 0 Å². The molecule has 1 aliphatic carbocycles. The van der Waals surface area contributed by atoms with Crippen molar-refractivity contribution in [2.45, 2.75) is 6.42 Å². The number of oxime groups is 2. The molecule has 0 saturated carbocycles. The zero-order valence-corrected chi connectivity index (χ0v) is 6.57. The van der Waals surface area contributed by atoms with E-state index in [1.165, 1.54) is 14.2 Å². The minimum Gasteiger partial charge on any atom is -0.399 e. The Labute approximate surface area is 65.2 Å². The average Bonchev–Trinajstić information content (AvgIpc) is 2.38. The van der Waals surface area contributed by atoms with E-state index >= 15 is 0 Å². The summed E-state index contributed by atoms with van der Waals surface area (Å²) in [5, 5.41) is 7.50. The van der Waals surface area contributed by atoms with Gasteiger partial charge in [0.05, 0.1) is 11.4 Å². The van der Waals surface area contributed by atoms with E-state index < -0.39 is 0 Å². The summed E-state index contributed by atoms with van der Waals surface area (Å²) in [6.07, 6.45) is 4.38. The van der Waals surface area contributed by atoms with Crippen molar-refractivity contribution in [1.29, 1.82) is 0 Å². The molecular formula is C7H10N2O2. The Morgan fingerprint density at radius 3 is 1.91 bits per heavy atom. The maximum atomic E-state index is 4.59. The Balaban J connectivity index is 2.56. The number of hydrogen-bond donors (Lipinski definition) is 0. The molecule has 0 fully saturated rings. The molecule has 4 heteroatoms. The van der Waals surface area contributed by atoms with E-state index in [0.29, 0.717) is 6.42 Å². The van der Waals surface area contributed by atoms with Crippen molar-refractivity contribution in [3.8, 4) is 0 Å². The number of hydrogen-bond acceptors (Lipinski definition) is 4. The van der Waals surface area contributed by atoms with Gasteiger partial charge in [0.1, 0.15) is 14.2 Å².